The third kappa shape index (κ3) is 3.99. The Morgan fingerprint density at radius 2 is 1.30 bits per heavy atom. The number of hydrogen-bond donors (Lipinski definition) is 0. The Hall–Kier alpha value is -2.14. The Morgan fingerprint density at radius 3 is 1.91 bits per heavy atom. The van der Waals surface area contributed by atoms with Gasteiger partial charge in [0, 0.05) is 17.7 Å². The predicted octanol–water partition coefficient (Wildman–Crippen LogP) is 4.65. The van der Waals surface area contributed by atoms with Crippen LogP contribution in [0.5, 0.6) is 23.0 Å². The van der Waals surface area contributed by atoms with Crippen LogP contribution in [0.2, 0.25) is 0 Å². The molecule has 0 N–H and O–H groups in total. The topological polar surface area (TPSA) is 36.9 Å². The van der Waals surface area contributed by atoms with E-state index in [9.17, 15) is 0 Å². The van der Waals surface area contributed by atoms with E-state index < -0.39 is 0 Å². The van der Waals surface area contributed by atoms with Gasteiger partial charge < -0.3 is 18.9 Å². The van der Waals surface area contributed by atoms with Crippen LogP contribution in [-0.4, -0.2) is 28.4 Å². The molecule has 0 aromatic heterocycles. The van der Waals surface area contributed by atoms with Crippen molar-refractivity contribution in [1.29, 1.82) is 0 Å². The summed E-state index contributed by atoms with van der Waals surface area (Å²) in [4.78, 5) is 0. The quantitative estimate of drug-likeness (QED) is 0.685. The third-order valence-corrected chi connectivity index (χ3v) is 4.23. The molecule has 0 fully saturated rings. The number of hydrogen-bond acceptors (Lipinski definition) is 4. The van der Waals surface area contributed by atoms with Crippen LogP contribution in [-0.2, 0) is 0 Å². The minimum Gasteiger partial charge on any atom is -0.497 e. The highest BCUT2D eigenvalue weighted by molar-refractivity contribution is 9.10. The first-order valence-electron chi connectivity index (χ1n) is 6.94. The van der Waals surface area contributed by atoms with Crippen molar-refractivity contribution in [3.63, 3.8) is 0 Å². The molecular weight excluding hydrogens is 360 g/mol. The third-order valence-electron chi connectivity index (χ3n) is 3.38. The van der Waals surface area contributed by atoms with Crippen molar-refractivity contribution in [1.82, 2.24) is 0 Å². The summed E-state index contributed by atoms with van der Waals surface area (Å²) in [5.74, 6) is 2.94. The molecule has 0 spiro atoms. The summed E-state index contributed by atoms with van der Waals surface area (Å²) in [6.45, 7) is 0. The molecule has 0 amide bonds. The lowest BCUT2D eigenvalue weighted by Crippen LogP contribution is -1.91. The minimum atomic E-state index is 0.714. The summed E-state index contributed by atoms with van der Waals surface area (Å²) in [7, 11) is 6.52. The zero-order valence-corrected chi connectivity index (χ0v) is 15.1. The van der Waals surface area contributed by atoms with Crippen LogP contribution in [0.25, 0.3) is 12.2 Å². The zero-order chi connectivity index (χ0) is 16.8. The van der Waals surface area contributed by atoms with Gasteiger partial charge >= 0.3 is 0 Å². The molecule has 122 valence electrons. The molecule has 0 bridgehead atoms. The van der Waals surface area contributed by atoms with Crippen LogP contribution < -0.4 is 18.9 Å². The van der Waals surface area contributed by atoms with Crippen molar-refractivity contribution in [2.45, 2.75) is 0 Å². The zero-order valence-electron chi connectivity index (χ0n) is 13.6. The number of rotatable bonds is 6. The first-order chi connectivity index (χ1) is 11.1. The average molecular weight is 379 g/mol. The standard InChI is InChI=1S/C18H19BrO4/c1-20-14-8-7-12(16(10-14)22-3)5-6-13-9-15(21-2)11-17(23-4)18(13)19/h5-11H,1-4H3. The molecule has 0 aliphatic heterocycles. The van der Waals surface area contributed by atoms with Crippen LogP contribution in [0.1, 0.15) is 11.1 Å². The fourth-order valence-corrected chi connectivity index (χ4v) is 2.64. The van der Waals surface area contributed by atoms with Crippen LogP contribution in [0.4, 0.5) is 0 Å². The molecule has 0 saturated carbocycles. The van der Waals surface area contributed by atoms with Crippen molar-refractivity contribution in [2.24, 2.45) is 0 Å². The van der Waals surface area contributed by atoms with Crippen molar-refractivity contribution in [3.8, 4) is 23.0 Å². The van der Waals surface area contributed by atoms with E-state index in [1.807, 2.05) is 42.5 Å². The van der Waals surface area contributed by atoms with E-state index >= 15 is 0 Å². The molecule has 4 nitrogen and oxygen atoms in total. The highest BCUT2D eigenvalue weighted by Gasteiger charge is 2.08. The van der Waals surface area contributed by atoms with E-state index in [2.05, 4.69) is 15.9 Å². The largest absolute Gasteiger partial charge is 0.497 e. The van der Waals surface area contributed by atoms with Crippen molar-refractivity contribution in [2.75, 3.05) is 28.4 Å². The van der Waals surface area contributed by atoms with Gasteiger partial charge in [-0.3, -0.25) is 0 Å². The molecule has 0 aliphatic carbocycles. The number of benzene rings is 2. The molecule has 0 radical (unpaired) electrons. The van der Waals surface area contributed by atoms with Gasteiger partial charge in [-0.1, -0.05) is 12.2 Å². The maximum absolute atomic E-state index is 5.40. The summed E-state index contributed by atoms with van der Waals surface area (Å²) >= 11 is 3.55. The van der Waals surface area contributed by atoms with E-state index in [4.69, 9.17) is 18.9 Å². The highest BCUT2D eigenvalue weighted by Crippen LogP contribution is 2.35. The van der Waals surface area contributed by atoms with Gasteiger partial charge in [-0.25, -0.2) is 0 Å². The lowest BCUT2D eigenvalue weighted by molar-refractivity contribution is 0.392. The van der Waals surface area contributed by atoms with Crippen LogP contribution in [0, 0.1) is 0 Å². The maximum Gasteiger partial charge on any atom is 0.137 e. The second-order valence-electron chi connectivity index (χ2n) is 4.67. The maximum atomic E-state index is 5.40. The highest BCUT2D eigenvalue weighted by atomic mass is 79.9. The summed E-state index contributed by atoms with van der Waals surface area (Å²) in [5, 5.41) is 0. The van der Waals surface area contributed by atoms with Crippen molar-refractivity contribution in [3.05, 3.63) is 45.9 Å². The lowest BCUT2D eigenvalue weighted by Gasteiger charge is -2.10. The first-order valence-corrected chi connectivity index (χ1v) is 7.73. The molecule has 0 aliphatic rings. The average Bonchev–Trinajstić information content (AvgIpc) is 2.60. The molecular formula is C18H19BrO4. The normalized spacial score (nSPS) is 10.7. The van der Waals surface area contributed by atoms with Crippen molar-refractivity contribution >= 4 is 28.1 Å². The molecule has 5 heteroatoms. The number of halogens is 1. The molecule has 0 heterocycles. The SMILES string of the molecule is COc1ccc(C=Cc2cc(OC)cc(OC)c2Br)c(OC)c1. The Labute approximate surface area is 144 Å². The summed E-state index contributed by atoms with van der Waals surface area (Å²) < 4.78 is 22.1. The predicted molar refractivity (Wildman–Crippen MR) is 95.7 cm³/mol. The van der Waals surface area contributed by atoms with Crippen LogP contribution in [0.3, 0.4) is 0 Å². The first kappa shape index (κ1) is 17.2. The smallest absolute Gasteiger partial charge is 0.137 e. The second-order valence-corrected chi connectivity index (χ2v) is 5.47. The monoisotopic (exact) mass is 378 g/mol. The summed E-state index contributed by atoms with van der Waals surface area (Å²) in [6.07, 6.45) is 3.94. The molecule has 0 unspecified atom stereocenters. The van der Waals surface area contributed by atoms with Crippen LogP contribution >= 0.6 is 15.9 Å². The van der Waals surface area contributed by atoms with Gasteiger partial charge in [-0.2, -0.15) is 0 Å². The van der Waals surface area contributed by atoms with Crippen LogP contribution in [0.15, 0.2) is 34.8 Å². The van der Waals surface area contributed by atoms with E-state index in [1.54, 1.807) is 28.4 Å². The van der Waals surface area contributed by atoms with E-state index in [0.717, 1.165) is 32.8 Å². The van der Waals surface area contributed by atoms with Gasteiger partial charge in [0.1, 0.15) is 23.0 Å². The number of ether oxygens (including phenoxy) is 4. The fraction of sp³-hybridized carbons (Fsp3) is 0.222. The number of methoxy groups -OCH3 is 4. The Balaban J connectivity index is 2.40. The Bertz CT molecular complexity index is 710. The van der Waals surface area contributed by atoms with Gasteiger partial charge in [0.2, 0.25) is 0 Å². The molecule has 0 saturated heterocycles. The van der Waals surface area contributed by atoms with E-state index in [0.29, 0.717) is 5.75 Å². The molecule has 2 aromatic rings. The summed E-state index contributed by atoms with van der Waals surface area (Å²) in [5.41, 5.74) is 1.89. The van der Waals surface area contributed by atoms with Gasteiger partial charge in [0.15, 0.2) is 0 Å². The van der Waals surface area contributed by atoms with E-state index in [1.165, 1.54) is 0 Å². The van der Waals surface area contributed by atoms with Crippen molar-refractivity contribution < 1.29 is 18.9 Å². The van der Waals surface area contributed by atoms with Gasteiger partial charge in [-0.05, 0) is 39.7 Å². The minimum absolute atomic E-state index is 0.714. The fourth-order valence-electron chi connectivity index (χ4n) is 2.12. The lowest BCUT2D eigenvalue weighted by atomic mass is 10.1. The molecule has 2 rings (SSSR count). The Kier molecular flexibility index (Phi) is 5.93. The summed E-state index contributed by atoms with van der Waals surface area (Å²) in [6, 6.07) is 9.44. The molecule has 0 atom stereocenters. The second kappa shape index (κ2) is 7.92. The van der Waals surface area contributed by atoms with E-state index in [-0.39, 0.29) is 0 Å². The molecule has 2 aromatic carbocycles. The van der Waals surface area contributed by atoms with Gasteiger partial charge in [0.05, 0.1) is 32.9 Å². The molecule has 23 heavy (non-hydrogen) atoms. The Morgan fingerprint density at radius 1 is 0.696 bits per heavy atom. The van der Waals surface area contributed by atoms with Gasteiger partial charge in [-0.15, -0.1) is 0 Å². The van der Waals surface area contributed by atoms with Gasteiger partial charge in [0.25, 0.3) is 0 Å².